The summed E-state index contributed by atoms with van der Waals surface area (Å²) in [7, 11) is 1.75. The first-order valence-electron chi connectivity index (χ1n) is 11.0. The Kier molecular flexibility index (Phi) is 8.15. The molecule has 32 heavy (non-hydrogen) atoms. The van der Waals surface area contributed by atoms with E-state index in [0.717, 1.165) is 37.8 Å². The molecule has 174 valence electrons. The molecule has 0 saturated heterocycles. The predicted octanol–water partition coefficient (Wildman–Crippen LogP) is 3.74. The van der Waals surface area contributed by atoms with E-state index in [0.29, 0.717) is 13.1 Å². The van der Waals surface area contributed by atoms with Crippen molar-refractivity contribution in [3.05, 3.63) is 64.7 Å². The third kappa shape index (κ3) is 6.01. The Morgan fingerprint density at radius 3 is 2.66 bits per heavy atom. The number of fused-ring (bicyclic) bond motifs is 1. The highest BCUT2D eigenvalue weighted by atomic mass is 19.4. The zero-order valence-corrected chi connectivity index (χ0v) is 18.6. The maximum absolute atomic E-state index is 13.4. The molecular formula is C24H31F3N4O. The van der Waals surface area contributed by atoms with Gasteiger partial charge in [0.15, 0.2) is 0 Å². The maximum atomic E-state index is 13.4. The summed E-state index contributed by atoms with van der Waals surface area (Å²) in [5.41, 5.74) is 2.78. The monoisotopic (exact) mass is 448 g/mol. The minimum absolute atomic E-state index is 0.0283. The highest BCUT2D eigenvalue weighted by Gasteiger charge is 2.33. The summed E-state index contributed by atoms with van der Waals surface area (Å²) in [6.07, 6.45) is -3.49. The van der Waals surface area contributed by atoms with Crippen molar-refractivity contribution in [3.8, 4) is 0 Å². The topological polar surface area (TPSA) is 47.6 Å². The molecule has 0 saturated carbocycles. The van der Waals surface area contributed by atoms with Crippen molar-refractivity contribution in [2.75, 3.05) is 45.1 Å². The summed E-state index contributed by atoms with van der Waals surface area (Å²) in [6, 6.07) is 11.5. The van der Waals surface area contributed by atoms with Crippen LogP contribution in [-0.2, 0) is 30.5 Å². The van der Waals surface area contributed by atoms with Gasteiger partial charge in [0.1, 0.15) is 0 Å². The molecule has 1 heterocycles. The van der Waals surface area contributed by atoms with E-state index in [4.69, 9.17) is 0 Å². The summed E-state index contributed by atoms with van der Waals surface area (Å²) in [6.45, 7) is 5.68. The van der Waals surface area contributed by atoms with E-state index in [-0.39, 0.29) is 24.6 Å². The molecule has 0 bridgehead atoms. The van der Waals surface area contributed by atoms with E-state index < -0.39 is 11.7 Å². The zero-order chi connectivity index (χ0) is 23.1. The molecule has 5 nitrogen and oxygen atoms in total. The van der Waals surface area contributed by atoms with Crippen LogP contribution in [0.5, 0.6) is 0 Å². The minimum atomic E-state index is -4.46. The molecule has 0 aliphatic carbocycles. The van der Waals surface area contributed by atoms with E-state index in [1.165, 1.54) is 28.2 Å². The van der Waals surface area contributed by atoms with Crippen molar-refractivity contribution in [1.29, 1.82) is 0 Å². The average molecular weight is 449 g/mol. The van der Waals surface area contributed by atoms with Gasteiger partial charge in [-0.3, -0.25) is 9.69 Å². The summed E-state index contributed by atoms with van der Waals surface area (Å²) in [4.78, 5) is 16.8. The van der Waals surface area contributed by atoms with Crippen molar-refractivity contribution < 1.29 is 18.0 Å². The number of amides is 1. The van der Waals surface area contributed by atoms with E-state index in [1.54, 1.807) is 13.1 Å². The van der Waals surface area contributed by atoms with E-state index in [9.17, 15) is 18.0 Å². The Hall–Kier alpha value is -2.58. The van der Waals surface area contributed by atoms with Crippen LogP contribution in [0.2, 0.25) is 0 Å². The number of likely N-dealkylation sites (N-methyl/N-ethyl adjacent to an activating group) is 2. The van der Waals surface area contributed by atoms with Crippen LogP contribution in [0, 0.1) is 0 Å². The fourth-order valence-corrected chi connectivity index (χ4v) is 4.03. The number of nitrogens with zero attached hydrogens (tertiary/aromatic N) is 2. The van der Waals surface area contributed by atoms with Crippen molar-refractivity contribution in [1.82, 2.24) is 15.1 Å². The molecule has 0 atom stereocenters. The first kappa shape index (κ1) is 24.1. The van der Waals surface area contributed by atoms with Crippen molar-refractivity contribution in [2.24, 2.45) is 0 Å². The van der Waals surface area contributed by atoms with E-state index in [2.05, 4.69) is 28.5 Å². The Morgan fingerprint density at radius 2 is 1.94 bits per heavy atom. The number of rotatable bonds is 9. The van der Waals surface area contributed by atoms with Gasteiger partial charge in [0, 0.05) is 38.4 Å². The van der Waals surface area contributed by atoms with Gasteiger partial charge in [-0.2, -0.15) is 13.2 Å². The Morgan fingerprint density at radius 1 is 1.16 bits per heavy atom. The van der Waals surface area contributed by atoms with Gasteiger partial charge in [-0.15, -0.1) is 0 Å². The van der Waals surface area contributed by atoms with Crippen molar-refractivity contribution in [3.63, 3.8) is 0 Å². The second kappa shape index (κ2) is 10.8. The standard InChI is InChI=1S/C24H31F3N4O/c1-3-30-13-11-18-8-6-10-22(20(18)17-30)29-15-23(32)31(14-12-28-2)16-19-7-4-5-9-21(19)24(25,26)27/h4-10,28-29H,3,11-17H2,1-2H3. The van der Waals surface area contributed by atoms with Crippen LogP contribution >= 0.6 is 0 Å². The predicted molar refractivity (Wildman–Crippen MR) is 120 cm³/mol. The molecule has 0 spiro atoms. The lowest BCUT2D eigenvalue weighted by Crippen LogP contribution is -2.39. The first-order valence-corrected chi connectivity index (χ1v) is 11.0. The molecule has 2 aromatic carbocycles. The number of alkyl halides is 3. The fourth-order valence-electron chi connectivity index (χ4n) is 4.03. The number of halogens is 3. The van der Waals surface area contributed by atoms with Gasteiger partial charge in [0.25, 0.3) is 0 Å². The van der Waals surface area contributed by atoms with Gasteiger partial charge in [-0.05, 0) is 48.8 Å². The van der Waals surface area contributed by atoms with Gasteiger partial charge >= 0.3 is 6.18 Å². The molecule has 1 aliphatic rings. The van der Waals surface area contributed by atoms with E-state index in [1.807, 2.05) is 12.1 Å². The van der Waals surface area contributed by atoms with Crippen LogP contribution in [0.15, 0.2) is 42.5 Å². The van der Waals surface area contributed by atoms with Gasteiger partial charge in [0.2, 0.25) is 5.91 Å². The van der Waals surface area contributed by atoms with Crippen LogP contribution in [0.4, 0.5) is 18.9 Å². The molecule has 2 aromatic rings. The zero-order valence-electron chi connectivity index (χ0n) is 18.6. The summed E-state index contributed by atoms with van der Waals surface area (Å²) < 4.78 is 40.2. The number of hydrogen-bond donors (Lipinski definition) is 2. The quantitative estimate of drug-likeness (QED) is 0.614. The fraction of sp³-hybridized carbons (Fsp3) is 0.458. The number of anilines is 1. The molecule has 3 rings (SSSR count). The molecular weight excluding hydrogens is 417 g/mol. The van der Waals surface area contributed by atoms with Crippen LogP contribution < -0.4 is 10.6 Å². The smallest absolute Gasteiger partial charge is 0.376 e. The largest absolute Gasteiger partial charge is 0.416 e. The molecule has 2 N–H and O–H groups in total. The Labute approximate surface area is 187 Å². The number of carbonyl (C=O) groups excluding carboxylic acids is 1. The molecule has 1 amide bonds. The highest BCUT2D eigenvalue weighted by molar-refractivity contribution is 5.81. The van der Waals surface area contributed by atoms with Crippen molar-refractivity contribution >= 4 is 11.6 Å². The minimum Gasteiger partial charge on any atom is -0.376 e. The maximum Gasteiger partial charge on any atom is 0.416 e. The van der Waals surface area contributed by atoms with Crippen molar-refractivity contribution in [2.45, 2.75) is 32.6 Å². The summed E-state index contributed by atoms with van der Waals surface area (Å²) >= 11 is 0. The van der Waals surface area contributed by atoms with Gasteiger partial charge < -0.3 is 15.5 Å². The number of hydrogen-bond acceptors (Lipinski definition) is 4. The molecule has 0 unspecified atom stereocenters. The molecule has 8 heteroatoms. The normalized spacial score (nSPS) is 14.2. The van der Waals surface area contributed by atoms with Crippen LogP contribution in [0.1, 0.15) is 29.2 Å². The average Bonchev–Trinajstić information content (AvgIpc) is 2.79. The third-order valence-electron chi connectivity index (χ3n) is 5.90. The Bertz CT molecular complexity index is 916. The van der Waals surface area contributed by atoms with E-state index >= 15 is 0 Å². The lowest BCUT2D eigenvalue weighted by atomic mass is 9.98. The molecule has 0 radical (unpaired) electrons. The molecule has 0 aromatic heterocycles. The van der Waals surface area contributed by atoms with Crippen LogP contribution in [0.3, 0.4) is 0 Å². The second-order valence-electron chi connectivity index (χ2n) is 7.99. The number of nitrogens with one attached hydrogen (secondary N) is 2. The molecule has 0 fully saturated rings. The number of benzene rings is 2. The first-order chi connectivity index (χ1) is 15.3. The number of carbonyl (C=O) groups is 1. The van der Waals surface area contributed by atoms with Gasteiger partial charge in [0.05, 0.1) is 12.1 Å². The van der Waals surface area contributed by atoms with Gasteiger partial charge in [-0.1, -0.05) is 37.3 Å². The Balaban J connectivity index is 1.73. The van der Waals surface area contributed by atoms with Gasteiger partial charge in [-0.25, -0.2) is 0 Å². The summed E-state index contributed by atoms with van der Waals surface area (Å²) in [5.74, 6) is -0.238. The van der Waals surface area contributed by atoms with Crippen LogP contribution in [-0.4, -0.2) is 55.5 Å². The summed E-state index contributed by atoms with van der Waals surface area (Å²) in [5, 5.41) is 6.21. The SMILES string of the molecule is CCN1CCc2cccc(NCC(=O)N(CCNC)Cc3ccccc3C(F)(F)F)c2C1. The third-order valence-corrected chi connectivity index (χ3v) is 5.90. The lowest BCUT2D eigenvalue weighted by Gasteiger charge is -2.30. The molecule has 1 aliphatic heterocycles. The lowest BCUT2D eigenvalue weighted by molar-refractivity contribution is -0.139. The second-order valence-corrected chi connectivity index (χ2v) is 7.99. The highest BCUT2D eigenvalue weighted by Crippen LogP contribution is 2.32. The van der Waals surface area contributed by atoms with Crippen LogP contribution in [0.25, 0.3) is 0 Å².